The number of urea groups is 1. The van der Waals surface area contributed by atoms with E-state index < -0.39 is 12.7 Å². The van der Waals surface area contributed by atoms with Crippen molar-refractivity contribution in [1.29, 1.82) is 0 Å². The second-order valence-corrected chi connectivity index (χ2v) is 3.61. The summed E-state index contributed by atoms with van der Waals surface area (Å²) in [5, 5.41) is 4.98. The van der Waals surface area contributed by atoms with Crippen LogP contribution in [-0.2, 0) is 4.74 Å². The third-order valence-corrected chi connectivity index (χ3v) is 2.20. The minimum Gasteiger partial charge on any atom is -0.489 e. The van der Waals surface area contributed by atoms with Gasteiger partial charge in [-0.3, -0.25) is 0 Å². The number of benzene rings is 1. The van der Waals surface area contributed by atoms with Crippen LogP contribution in [-0.4, -0.2) is 39.1 Å². The Labute approximate surface area is 112 Å². The molecule has 0 radical (unpaired) electrons. The first kappa shape index (κ1) is 15.2. The van der Waals surface area contributed by atoms with Gasteiger partial charge in [0.05, 0.1) is 12.3 Å². The molecule has 0 fully saturated rings. The molecule has 0 bridgehead atoms. The number of ether oxygens (including phenoxy) is 2. The number of halogens is 1. The Hall–Kier alpha value is -1.82. The molecule has 0 heterocycles. The Morgan fingerprint density at radius 2 is 2.11 bits per heavy atom. The van der Waals surface area contributed by atoms with Gasteiger partial charge in [0, 0.05) is 13.2 Å². The van der Waals surface area contributed by atoms with Gasteiger partial charge >= 0.3 is 6.03 Å². The van der Waals surface area contributed by atoms with Crippen molar-refractivity contribution in [3.63, 3.8) is 0 Å². The van der Waals surface area contributed by atoms with Crippen LogP contribution >= 0.6 is 0 Å². The van der Waals surface area contributed by atoms with Gasteiger partial charge in [-0.1, -0.05) is 12.1 Å². The van der Waals surface area contributed by atoms with E-state index in [1.807, 2.05) is 6.92 Å². The fraction of sp³-hybridized carbons (Fsp3) is 0.462. The van der Waals surface area contributed by atoms with Gasteiger partial charge in [0.15, 0.2) is 0 Å². The summed E-state index contributed by atoms with van der Waals surface area (Å²) in [6.45, 7) is 2.82. The predicted molar refractivity (Wildman–Crippen MR) is 71.4 cm³/mol. The average molecular weight is 270 g/mol. The number of nitrogens with one attached hydrogen (secondary N) is 2. The highest BCUT2D eigenvalue weighted by Gasteiger charge is 2.06. The molecule has 0 spiro atoms. The lowest BCUT2D eigenvalue weighted by Gasteiger charge is -2.12. The molecule has 1 aromatic rings. The van der Waals surface area contributed by atoms with Crippen LogP contribution in [0, 0.1) is 0 Å². The highest BCUT2D eigenvalue weighted by Crippen LogP contribution is 2.23. The molecule has 0 aliphatic rings. The molecule has 106 valence electrons. The zero-order valence-corrected chi connectivity index (χ0v) is 10.9. The van der Waals surface area contributed by atoms with Gasteiger partial charge in [-0.2, -0.15) is 0 Å². The Morgan fingerprint density at radius 3 is 2.84 bits per heavy atom. The van der Waals surface area contributed by atoms with E-state index in [1.165, 1.54) is 0 Å². The fourth-order valence-electron chi connectivity index (χ4n) is 1.38. The molecule has 5 nitrogen and oxygen atoms in total. The molecular weight excluding hydrogens is 251 g/mol. The summed E-state index contributed by atoms with van der Waals surface area (Å²) in [6.07, 6.45) is 0. The van der Waals surface area contributed by atoms with E-state index in [4.69, 9.17) is 9.47 Å². The van der Waals surface area contributed by atoms with E-state index in [1.54, 1.807) is 24.3 Å². The highest BCUT2D eigenvalue weighted by atomic mass is 19.1. The molecule has 1 rings (SSSR count). The zero-order chi connectivity index (χ0) is 13.9. The molecule has 0 atom stereocenters. The molecule has 2 amide bonds. The smallest absolute Gasteiger partial charge is 0.319 e. The fourth-order valence-corrected chi connectivity index (χ4v) is 1.38. The summed E-state index contributed by atoms with van der Waals surface area (Å²) >= 11 is 0. The normalized spacial score (nSPS) is 10.0. The average Bonchev–Trinajstić information content (AvgIpc) is 2.43. The standard InChI is InChI=1S/C13H19FN2O3/c1-2-18-9-10-19-12-6-4-3-5-11(12)16-13(17)15-8-7-14/h3-6H,2,7-10H2,1H3,(H2,15,16,17). The second-order valence-electron chi connectivity index (χ2n) is 3.61. The molecule has 0 saturated heterocycles. The number of carbonyl (C=O) groups is 1. The Balaban J connectivity index is 2.50. The predicted octanol–water partition coefficient (Wildman–Crippen LogP) is 2.19. The van der Waals surface area contributed by atoms with Crippen LogP contribution in [0.3, 0.4) is 0 Å². The number of amides is 2. The maximum atomic E-state index is 11.9. The van der Waals surface area contributed by atoms with Crippen LogP contribution < -0.4 is 15.4 Å². The van der Waals surface area contributed by atoms with Crippen molar-refractivity contribution < 1.29 is 18.7 Å². The van der Waals surface area contributed by atoms with E-state index >= 15 is 0 Å². The molecule has 1 aromatic carbocycles. The molecule has 0 aliphatic heterocycles. The lowest BCUT2D eigenvalue weighted by Crippen LogP contribution is -2.30. The van der Waals surface area contributed by atoms with Crippen molar-refractivity contribution in [2.75, 3.05) is 38.4 Å². The summed E-state index contributed by atoms with van der Waals surface area (Å²) in [6, 6.07) is 6.58. The Bertz CT molecular complexity index is 388. The Morgan fingerprint density at radius 1 is 1.32 bits per heavy atom. The summed E-state index contributed by atoms with van der Waals surface area (Å²) in [5.74, 6) is 0.553. The molecule has 6 heteroatoms. The van der Waals surface area contributed by atoms with Crippen molar-refractivity contribution in [2.45, 2.75) is 6.92 Å². The summed E-state index contributed by atoms with van der Waals surface area (Å²) in [7, 11) is 0. The van der Waals surface area contributed by atoms with Crippen LogP contribution in [0.4, 0.5) is 14.9 Å². The molecule has 2 N–H and O–H groups in total. The second kappa shape index (κ2) is 9.16. The first-order valence-electron chi connectivity index (χ1n) is 6.18. The third-order valence-electron chi connectivity index (χ3n) is 2.20. The van der Waals surface area contributed by atoms with E-state index in [9.17, 15) is 9.18 Å². The molecule has 0 aliphatic carbocycles. The topological polar surface area (TPSA) is 59.6 Å². The number of hydrogen-bond acceptors (Lipinski definition) is 3. The third kappa shape index (κ3) is 6.05. The van der Waals surface area contributed by atoms with Gasteiger partial charge in [-0.05, 0) is 19.1 Å². The first-order valence-corrected chi connectivity index (χ1v) is 6.18. The highest BCUT2D eigenvalue weighted by molar-refractivity contribution is 5.90. The number of rotatable bonds is 8. The maximum absolute atomic E-state index is 11.9. The van der Waals surface area contributed by atoms with Gasteiger partial charge in [-0.15, -0.1) is 0 Å². The van der Waals surface area contributed by atoms with Crippen molar-refractivity contribution >= 4 is 11.7 Å². The maximum Gasteiger partial charge on any atom is 0.319 e. The monoisotopic (exact) mass is 270 g/mol. The van der Waals surface area contributed by atoms with Crippen LogP contribution in [0.15, 0.2) is 24.3 Å². The minimum absolute atomic E-state index is 0.0147. The van der Waals surface area contributed by atoms with Crippen molar-refractivity contribution in [3.8, 4) is 5.75 Å². The zero-order valence-electron chi connectivity index (χ0n) is 10.9. The quantitative estimate of drug-likeness (QED) is 0.712. The largest absolute Gasteiger partial charge is 0.489 e. The number of carbonyl (C=O) groups excluding carboxylic acids is 1. The molecule has 19 heavy (non-hydrogen) atoms. The van der Waals surface area contributed by atoms with Gasteiger partial charge in [0.1, 0.15) is 19.0 Å². The number of alkyl halides is 1. The first-order chi connectivity index (χ1) is 9.27. The number of para-hydroxylation sites is 2. The minimum atomic E-state index is -0.597. The lowest BCUT2D eigenvalue weighted by atomic mass is 10.3. The lowest BCUT2D eigenvalue weighted by molar-refractivity contribution is 0.110. The summed E-state index contributed by atoms with van der Waals surface area (Å²) in [5.41, 5.74) is 0.537. The molecular formula is C13H19FN2O3. The molecule has 0 unspecified atom stereocenters. The summed E-state index contributed by atoms with van der Waals surface area (Å²) in [4.78, 5) is 11.4. The van der Waals surface area contributed by atoms with Gasteiger partial charge in [0.2, 0.25) is 0 Å². The van der Waals surface area contributed by atoms with Crippen LogP contribution in [0.5, 0.6) is 5.75 Å². The van der Waals surface area contributed by atoms with E-state index in [0.717, 1.165) is 0 Å². The van der Waals surface area contributed by atoms with Crippen molar-refractivity contribution in [3.05, 3.63) is 24.3 Å². The van der Waals surface area contributed by atoms with Gasteiger partial charge in [-0.25, -0.2) is 9.18 Å². The van der Waals surface area contributed by atoms with Crippen LogP contribution in [0.2, 0.25) is 0 Å². The summed E-state index contributed by atoms with van der Waals surface area (Å²) < 4.78 is 22.6. The van der Waals surface area contributed by atoms with E-state index in [0.29, 0.717) is 31.3 Å². The molecule has 0 aromatic heterocycles. The van der Waals surface area contributed by atoms with E-state index in [-0.39, 0.29) is 6.54 Å². The van der Waals surface area contributed by atoms with Gasteiger partial charge < -0.3 is 20.1 Å². The SMILES string of the molecule is CCOCCOc1ccccc1NC(=O)NCCF. The number of anilines is 1. The van der Waals surface area contributed by atoms with Crippen molar-refractivity contribution in [1.82, 2.24) is 5.32 Å². The van der Waals surface area contributed by atoms with E-state index in [2.05, 4.69) is 10.6 Å². The number of hydrogen-bond donors (Lipinski definition) is 2. The molecule has 0 saturated carbocycles. The van der Waals surface area contributed by atoms with Gasteiger partial charge in [0.25, 0.3) is 0 Å². The van der Waals surface area contributed by atoms with Crippen LogP contribution in [0.1, 0.15) is 6.92 Å². The van der Waals surface area contributed by atoms with Crippen LogP contribution in [0.25, 0.3) is 0 Å². The van der Waals surface area contributed by atoms with Crippen molar-refractivity contribution in [2.24, 2.45) is 0 Å². The Kier molecular flexibility index (Phi) is 7.34.